The fraction of sp³-hybridized carbons (Fsp3) is 0.500. The number of carbonyl (C=O) groups is 1. The topological polar surface area (TPSA) is 64.3 Å². The molecular weight excluding hydrogens is 268 g/mol. The molecule has 0 aliphatic heterocycles. The SMILES string of the molecule is CCCc1nc2ccc(C(=O)O)cc2n1CC(C)(C)OC. The van der Waals surface area contributed by atoms with E-state index in [1.165, 1.54) is 0 Å². The molecule has 2 rings (SSSR count). The van der Waals surface area contributed by atoms with Crippen LogP contribution in [0.1, 0.15) is 43.4 Å². The highest BCUT2D eigenvalue weighted by molar-refractivity contribution is 5.92. The fourth-order valence-electron chi connectivity index (χ4n) is 2.34. The van der Waals surface area contributed by atoms with Crippen molar-refractivity contribution < 1.29 is 14.6 Å². The van der Waals surface area contributed by atoms with Crippen LogP contribution in [-0.2, 0) is 17.7 Å². The van der Waals surface area contributed by atoms with Gasteiger partial charge in [-0.25, -0.2) is 9.78 Å². The maximum Gasteiger partial charge on any atom is 0.335 e. The number of carboxylic acid groups (broad SMARTS) is 1. The van der Waals surface area contributed by atoms with E-state index >= 15 is 0 Å². The third-order valence-electron chi connectivity index (χ3n) is 3.64. The molecule has 0 aliphatic rings. The van der Waals surface area contributed by atoms with Gasteiger partial charge < -0.3 is 14.4 Å². The van der Waals surface area contributed by atoms with E-state index in [9.17, 15) is 4.79 Å². The summed E-state index contributed by atoms with van der Waals surface area (Å²) in [5, 5.41) is 9.17. The van der Waals surface area contributed by atoms with Crippen LogP contribution in [0.4, 0.5) is 0 Å². The molecule has 0 aliphatic carbocycles. The van der Waals surface area contributed by atoms with Crippen molar-refractivity contribution in [3.8, 4) is 0 Å². The Morgan fingerprint density at radius 3 is 2.71 bits per heavy atom. The molecule has 5 heteroatoms. The molecule has 0 unspecified atom stereocenters. The van der Waals surface area contributed by atoms with Crippen LogP contribution in [0.5, 0.6) is 0 Å². The van der Waals surface area contributed by atoms with Gasteiger partial charge >= 0.3 is 5.97 Å². The lowest BCUT2D eigenvalue weighted by molar-refractivity contribution is 0.00842. The van der Waals surface area contributed by atoms with Gasteiger partial charge in [0.2, 0.25) is 0 Å². The van der Waals surface area contributed by atoms with E-state index in [0.717, 1.165) is 29.7 Å². The van der Waals surface area contributed by atoms with Crippen molar-refractivity contribution >= 4 is 17.0 Å². The number of hydrogen-bond acceptors (Lipinski definition) is 3. The van der Waals surface area contributed by atoms with Gasteiger partial charge in [0.05, 0.1) is 28.7 Å². The van der Waals surface area contributed by atoms with Crippen molar-refractivity contribution in [3.05, 3.63) is 29.6 Å². The average molecular weight is 290 g/mol. The Labute approximate surface area is 124 Å². The van der Waals surface area contributed by atoms with Crippen molar-refractivity contribution in [1.29, 1.82) is 0 Å². The van der Waals surface area contributed by atoms with E-state index in [0.29, 0.717) is 6.54 Å². The van der Waals surface area contributed by atoms with Gasteiger partial charge in [-0.1, -0.05) is 6.92 Å². The van der Waals surface area contributed by atoms with E-state index in [2.05, 4.69) is 16.5 Å². The van der Waals surface area contributed by atoms with Gasteiger partial charge in [-0.2, -0.15) is 0 Å². The second kappa shape index (κ2) is 5.85. The monoisotopic (exact) mass is 290 g/mol. The summed E-state index contributed by atoms with van der Waals surface area (Å²) in [6.45, 7) is 6.76. The third kappa shape index (κ3) is 3.24. The minimum atomic E-state index is -0.923. The van der Waals surface area contributed by atoms with E-state index in [-0.39, 0.29) is 11.2 Å². The number of fused-ring (bicyclic) bond motifs is 1. The molecule has 0 saturated heterocycles. The maximum absolute atomic E-state index is 11.2. The molecule has 114 valence electrons. The first kappa shape index (κ1) is 15.5. The van der Waals surface area contributed by atoms with E-state index in [4.69, 9.17) is 9.84 Å². The number of aromatic carboxylic acids is 1. The molecule has 0 amide bonds. The highest BCUT2D eigenvalue weighted by Crippen LogP contribution is 2.23. The number of imidazole rings is 1. The zero-order valence-electron chi connectivity index (χ0n) is 13.0. The molecule has 1 N–H and O–H groups in total. The van der Waals surface area contributed by atoms with Crippen molar-refractivity contribution in [2.45, 2.75) is 45.8 Å². The zero-order valence-corrected chi connectivity index (χ0v) is 13.0. The molecule has 1 heterocycles. The summed E-state index contributed by atoms with van der Waals surface area (Å²) in [5.74, 6) is 0.0489. The Bertz CT molecular complexity index is 659. The molecule has 1 aromatic carbocycles. The van der Waals surface area contributed by atoms with Crippen LogP contribution < -0.4 is 0 Å². The highest BCUT2D eigenvalue weighted by Gasteiger charge is 2.21. The number of aromatic nitrogens is 2. The van der Waals surface area contributed by atoms with Crippen LogP contribution in [-0.4, -0.2) is 33.3 Å². The largest absolute Gasteiger partial charge is 0.478 e. The first-order chi connectivity index (χ1) is 9.88. The van der Waals surface area contributed by atoms with Gasteiger partial charge in [0.15, 0.2) is 0 Å². The summed E-state index contributed by atoms with van der Waals surface area (Å²) >= 11 is 0. The standard InChI is InChI=1S/C16H22N2O3/c1-5-6-14-17-12-8-7-11(15(19)20)9-13(12)18(14)10-16(2,3)21-4/h7-9H,5-6,10H2,1-4H3,(H,19,20). The predicted molar refractivity (Wildman–Crippen MR) is 81.8 cm³/mol. The molecule has 0 fully saturated rings. The van der Waals surface area contributed by atoms with E-state index < -0.39 is 5.97 Å². The zero-order chi connectivity index (χ0) is 15.6. The molecule has 2 aromatic rings. The molecule has 0 bridgehead atoms. The Balaban J connectivity index is 2.58. The molecule has 21 heavy (non-hydrogen) atoms. The Morgan fingerprint density at radius 2 is 2.14 bits per heavy atom. The summed E-state index contributed by atoms with van der Waals surface area (Å²) in [5.41, 5.74) is 1.62. The minimum Gasteiger partial charge on any atom is -0.478 e. The summed E-state index contributed by atoms with van der Waals surface area (Å²) in [7, 11) is 1.68. The van der Waals surface area contributed by atoms with Crippen LogP contribution in [0.2, 0.25) is 0 Å². The maximum atomic E-state index is 11.2. The quantitative estimate of drug-likeness (QED) is 0.887. The lowest BCUT2D eigenvalue weighted by Crippen LogP contribution is -2.29. The number of methoxy groups -OCH3 is 1. The summed E-state index contributed by atoms with van der Waals surface area (Å²) in [6.07, 6.45) is 1.85. The van der Waals surface area contributed by atoms with Crippen LogP contribution in [0, 0.1) is 0 Å². The Hall–Kier alpha value is -1.88. The number of rotatable bonds is 6. The van der Waals surface area contributed by atoms with Crippen LogP contribution in [0.3, 0.4) is 0 Å². The second-order valence-corrected chi connectivity index (χ2v) is 5.84. The first-order valence-corrected chi connectivity index (χ1v) is 7.15. The molecule has 1 aromatic heterocycles. The van der Waals surface area contributed by atoms with Crippen molar-refractivity contribution in [2.24, 2.45) is 0 Å². The van der Waals surface area contributed by atoms with Gasteiger partial charge in [-0.15, -0.1) is 0 Å². The van der Waals surface area contributed by atoms with Crippen molar-refractivity contribution in [1.82, 2.24) is 9.55 Å². The van der Waals surface area contributed by atoms with Gasteiger partial charge in [0.1, 0.15) is 5.82 Å². The molecule has 0 radical (unpaired) electrons. The second-order valence-electron chi connectivity index (χ2n) is 5.84. The molecule has 5 nitrogen and oxygen atoms in total. The number of hydrogen-bond donors (Lipinski definition) is 1. The Morgan fingerprint density at radius 1 is 1.43 bits per heavy atom. The smallest absolute Gasteiger partial charge is 0.335 e. The predicted octanol–water partition coefficient (Wildman–Crippen LogP) is 3.11. The number of ether oxygens (including phenoxy) is 1. The number of aryl methyl sites for hydroxylation is 1. The van der Waals surface area contributed by atoms with Gasteiger partial charge in [-0.05, 0) is 38.5 Å². The van der Waals surface area contributed by atoms with Gasteiger partial charge in [-0.3, -0.25) is 0 Å². The average Bonchev–Trinajstić information content (AvgIpc) is 2.76. The minimum absolute atomic E-state index is 0.280. The lowest BCUT2D eigenvalue weighted by Gasteiger charge is -2.25. The van der Waals surface area contributed by atoms with Crippen LogP contribution >= 0.6 is 0 Å². The summed E-state index contributed by atoms with van der Waals surface area (Å²) in [6, 6.07) is 5.06. The number of nitrogens with zero attached hydrogens (tertiary/aromatic N) is 2. The molecule has 0 atom stereocenters. The summed E-state index contributed by atoms with van der Waals surface area (Å²) in [4.78, 5) is 15.8. The molecular formula is C16H22N2O3. The third-order valence-corrected chi connectivity index (χ3v) is 3.64. The van der Waals surface area contributed by atoms with Crippen LogP contribution in [0.15, 0.2) is 18.2 Å². The number of benzene rings is 1. The van der Waals surface area contributed by atoms with Crippen molar-refractivity contribution in [2.75, 3.05) is 7.11 Å². The molecule has 0 spiro atoms. The molecule has 0 saturated carbocycles. The lowest BCUT2D eigenvalue weighted by atomic mass is 10.1. The number of carboxylic acids is 1. The van der Waals surface area contributed by atoms with Gasteiger partial charge in [0, 0.05) is 13.5 Å². The summed E-state index contributed by atoms with van der Waals surface area (Å²) < 4.78 is 7.58. The van der Waals surface area contributed by atoms with Gasteiger partial charge in [0.25, 0.3) is 0 Å². The highest BCUT2D eigenvalue weighted by atomic mass is 16.5. The normalized spacial score (nSPS) is 12.0. The fourth-order valence-corrected chi connectivity index (χ4v) is 2.34. The van der Waals surface area contributed by atoms with Crippen LogP contribution in [0.25, 0.3) is 11.0 Å². The van der Waals surface area contributed by atoms with Crippen molar-refractivity contribution in [3.63, 3.8) is 0 Å². The first-order valence-electron chi connectivity index (χ1n) is 7.15. The van der Waals surface area contributed by atoms with E-state index in [1.54, 1.807) is 25.3 Å². The Kier molecular flexibility index (Phi) is 4.32. The van der Waals surface area contributed by atoms with E-state index in [1.807, 2.05) is 13.8 Å².